The molecule has 0 aliphatic carbocycles. The van der Waals surface area contributed by atoms with Crippen molar-refractivity contribution < 1.29 is 18.7 Å². The van der Waals surface area contributed by atoms with Crippen molar-refractivity contribution in [1.29, 1.82) is 5.26 Å². The Labute approximate surface area is 245 Å². The summed E-state index contributed by atoms with van der Waals surface area (Å²) in [6, 6.07) is 4.65. The molecule has 0 aliphatic heterocycles. The van der Waals surface area contributed by atoms with Crippen molar-refractivity contribution in [3.63, 3.8) is 0 Å². The molecule has 0 radical (unpaired) electrons. The summed E-state index contributed by atoms with van der Waals surface area (Å²) in [7, 11) is 3.04. The fourth-order valence-corrected chi connectivity index (χ4v) is 5.86. The molecule has 14 heteroatoms. The normalized spacial score (nSPS) is 12.8. The van der Waals surface area contributed by atoms with E-state index in [-0.39, 0.29) is 31.0 Å². The molecular weight excluding hydrogens is 565 g/mol. The second-order valence-electron chi connectivity index (χ2n) is 9.97. The summed E-state index contributed by atoms with van der Waals surface area (Å²) in [5.74, 6) is -0.635. The van der Waals surface area contributed by atoms with E-state index in [0.717, 1.165) is 15.9 Å². The Morgan fingerprint density at radius 2 is 1.90 bits per heavy atom. The summed E-state index contributed by atoms with van der Waals surface area (Å²) in [5.41, 5.74) is -0.516. The number of halogens is 1. The third-order valence-electron chi connectivity index (χ3n) is 7.11. The van der Waals surface area contributed by atoms with Gasteiger partial charge < -0.3 is 14.4 Å². The minimum absolute atomic E-state index is 0.00162. The number of thiophene rings is 1. The van der Waals surface area contributed by atoms with Crippen LogP contribution in [0.15, 0.2) is 40.2 Å². The van der Waals surface area contributed by atoms with Crippen molar-refractivity contribution in [2.75, 3.05) is 20.8 Å². The summed E-state index contributed by atoms with van der Waals surface area (Å²) in [6.45, 7) is 6.72. The first kappa shape index (κ1) is 30.6. The van der Waals surface area contributed by atoms with Gasteiger partial charge in [-0.25, -0.2) is 13.8 Å². The van der Waals surface area contributed by atoms with Crippen LogP contribution in [0.3, 0.4) is 0 Å². The van der Waals surface area contributed by atoms with E-state index in [1.54, 1.807) is 14.0 Å². The average Bonchev–Trinajstić information content (AvgIpc) is 3.61. The van der Waals surface area contributed by atoms with Gasteiger partial charge in [0, 0.05) is 24.2 Å². The predicted molar refractivity (Wildman–Crippen MR) is 154 cm³/mol. The lowest BCUT2D eigenvalue weighted by atomic mass is 10.1. The molecule has 0 aliphatic rings. The van der Waals surface area contributed by atoms with E-state index in [1.807, 2.05) is 19.9 Å². The number of aryl methyl sites for hydroxylation is 1. The molecule has 42 heavy (non-hydrogen) atoms. The van der Waals surface area contributed by atoms with E-state index < -0.39 is 35.1 Å². The molecule has 1 unspecified atom stereocenters. The molecule has 2 atom stereocenters. The zero-order valence-electron chi connectivity index (χ0n) is 24.2. The van der Waals surface area contributed by atoms with Gasteiger partial charge in [0.25, 0.3) is 5.56 Å². The van der Waals surface area contributed by atoms with Crippen LogP contribution >= 0.6 is 11.3 Å². The quantitative estimate of drug-likeness (QED) is 0.240. The van der Waals surface area contributed by atoms with Crippen LogP contribution in [0.25, 0.3) is 15.2 Å². The van der Waals surface area contributed by atoms with Gasteiger partial charge in [0.05, 0.1) is 50.5 Å². The first-order valence-corrected chi connectivity index (χ1v) is 14.1. The maximum absolute atomic E-state index is 14.4. The molecule has 0 N–H and O–H groups in total. The molecular formula is C28H32FN7O5S. The minimum atomic E-state index is -1.12. The van der Waals surface area contributed by atoms with Crippen LogP contribution in [-0.2, 0) is 16.1 Å². The number of methoxy groups -OCH3 is 1. The fourth-order valence-electron chi connectivity index (χ4n) is 4.64. The van der Waals surface area contributed by atoms with Crippen LogP contribution in [-0.4, -0.2) is 61.7 Å². The molecule has 3 heterocycles. The third kappa shape index (κ3) is 5.70. The maximum atomic E-state index is 14.4. The number of benzene rings is 1. The van der Waals surface area contributed by atoms with E-state index in [0.29, 0.717) is 26.7 Å². The monoisotopic (exact) mass is 597 g/mol. The number of nitriles is 1. The van der Waals surface area contributed by atoms with Crippen LogP contribution in [0.5, 0.6) is 5.75 Å². The number of hydrogen-bond acceptors (Lipinski definition) is 9. The maximum Gasteiger partial charge on any atom is 0.332 e. The first-order valence-electron chi connectivity index (χ1n) is 13.3. The number of ether oxygens (including phenoxy) is 2. The topological polar surface area (TPSA) is 137 Å². The summed E-state index contributed by atoms with van der Waals surface area (Å²) >= 11 is 1.13. The van der Waals surface area contributed by atoms with Gasteiger partial charge in [-0.15, -0.1) is 4.80 Å². The van der Waals surface area contributed by atoms with E-state index in [4.69, 9.17) is 14.7 Å². The second-order valence-corrected chi connectivity index (χ2v) is 10.9. The minimum Gasteiger partial charge on any atom is -0.496 e. The summed E-state index contributed by atoms with van der Waals surface area (Å²) in [6.07, 6.45) is 2.09. The average molecular weight is 598 g/mol. The second kappa shape index (κ2) is 12.7. The van der Waals surface area contributed by atoms with Gasteiger partial charge in [0.2, 0.25) is 5.91 Å². The van der Waals surface area contributed by atoms with Crippen LogP contribution in [0.1, 0.15) is 50.5 Å². The molecule has 1 amide bonds. The molecule has 4 rings (SSSR count). The molecule has 0 saturated heterocycles. The molecule has 0 saturated carbocycles. The number of rotatable bonds is 11. The van der Waals surface area contributed by atoms with Crippen molar-refractivity contribution >= 4 is 27.5 Å². The third-order valence-corrected chi connectivity index (χ3v) is 8.39. The van der Waals surface area contributed by atoms with Crippen molar-refractivity contribution in [1.82, 2.24) is 29.0 Å². The lowest BCUT2D eigenvalue weighted by molar-refractivity contribution is -0.134. The lowest BCUT2D eigenvalue weighted by Gasteiger charge is -2.27. The van der Waals surface area contributed by atoms with Crippen LogP contribution in [0.2, 0.25) is 0 Å². The number of nitrogens with zero attached hydrogens (tertiary/aromatic N) is 7. The van der Waals surface area contributed by atoms with Gasteiger partial charge in [-0.1, -0.05) is 11.3 Å². The summed E-state index contributed by atoms with van der Waals surface area (Å²) in [4.78, 5) is 44.6. The molecule has 0 fully saturated rings. The Morgan fingerprint density at radius 1 is 1.21 bits per heavy atom. The number of aromatic nitrogens is 5. The first-order chi connectivity index (χ1) is 20.0. The van der Waals surface area contributed by atoms with Crippen molar-refractivity contribution in [3.8, 4) is 16.8 Å². The number of carbonyl (C=O) groups excluding carboxylic acids is 1. The number of carbonyl (C=O) groups is 1. The van der Waals surface area contributed by atoms with Crippen molar-refractivity contribution in [2.45, 2.75) is 58.8 Å². The van der Waals surface area contributed by atoms with Gasteiger partial charge in [0.15, 0.2) is 0 Å². The zero-order valence-corrected chi connectivity index (χ0v) is 25.0. The highest BCUT2D eigenvalue weighted by atomic mass is 32.1. The molecule has 0 spiro atoms. The van der Waals surface area contributed by atoms with Crippen molar-refractivity contribution in [3.05, 3.63) is 68.4 Å². The largest absolute Gasteiger partial charge is 0.496 e. The molecule has 12 nitrogen and oxygen atoms in total. The molecule has 3 aromatic heterocycles. The number of likely N-dealkylation sites (N-methyl/N-ethyl adjacent to an activating group) is 1. The highest BCUT2D eigenvalue weighted by Crippen LogP contribution is 2.34. The van der Waals surface area contributed by atoms with Gasteiger partial charge in [-0.05, 0) is 45.9 Å². The van der Waals surface area contributed by atoms with Gasteiger partial charge >= 0.3 is 5.69 Å². The van der Waals surface area contributed by atoms with Crippen LogP contribution in [0, 0.1) is 24.1 Å². The Morgan fingerprint density at radius 3 is 2.52 bits per heavy atom. The number of hydrogen-bond donors (Lipinski definition) is 0. The van der Waals surface area contributed by atoms with E-state index in [9.17, 15) is 18.8 Å². The lowest BCUT2D eigenvalue weighted by Crippen LogP contribution is -2.47. The van der Waals surface area contributed by atoms with Crippen molar-refractivity contribution in [2.24, 2.45) is 0 Å². The number of amides is 1. The zero-order chi connectivity index (χ0) is 30.7. The highest BCUT2D eigenvalue weighted by molar-refractivity contribution is 7.21. The van der Waals surface area contributed by atoms with Crippen LogP contribution < -0.4 is 16.0 Å². The Balaban J connectivity index is 2.00. The molecule has 0 bridgehead atoms. The Bertz CT molecular complexity index is 1750. The van der Waals surface area contributed by atoms with Gasteiger partial charge in [0.1, 0.15) is 33.5 Å². The Hall–Kier alpha value is -4.35. The van der Waals surface area contributed by atoms with E-state index in [2.05, 4.69) is 10.2 Å². The summed E-state index contributed by atoms with van der Waals surface area (Å²) in [5, 5.41) is 18.2. The number of fused-ring (bicyclic) bond motifs is 1. The Kier molecular flexibility index (Phi) is 9.23. The SMILES string of the molecule is COc1ccc(F)cc1[C@H](Cn1c(=O)n(C(C)C(=O)N(C)C(C)C)c(=O)c2c(C)c(-n3nccn3)sc21)OCCC#N. The van der Waals surface area contributed by atoms with E-state index >= 15 is 0 Å². The summed E-state index contributed by atoms with van der Waals surface area (Å²) < 4.78 is 28.2. The smallest absolute Gasteiger partial charge is 0.332 e. The molecule has 222 valence electrons. The predicted octanol–water partition coefficient (Wildman–Crippen LogP) is 3.36. The standard InChI is InChI=1S/C28H32FN7O5S/c1-16(2)33(5)24(37)18(4)35-25(38)23-17(3)26(36-31-11-12-32-36)42-27(23)34(28(35)39)15-22(41-13-7-10-30)20-14-19(29)8-9-21(20)40-6/h8-9,11-12,14,16,18,22H,7,13,15H2,1-6H3/t18?,22-/m0/s1. The molecule has 1 aromatic carbocycles. The highest BCUT2D eigenvalue weighted by Gasteiger charge is 2.30. The molecule has 4 aromatic rings. The fraction of sp³-hybridized carbons (Fsp3) is 0.429. The van der Waals surface area contributed by atoms with Crippen LogP contribution in [0.4, 0.5) is 4.39 Å². The van der Waals surface area contributed by atoms with Gasteiger partial charge in [-0.2, -0.15) is 15.5 Å². The van der Waals surface area contributed by atoms with Gasteiger partial charge in [-0.3, -0.25) is 14.2 Å². The van der Waals surface area contributed by atoms with E-state index in [1.165, 1.54) is 58.9 Å².